The Morgan fingerprint density at radius 3 is 2.94 bits per heavy atom. The molecule has 0 bridgehead atoms. The first kappa shape index (κ1) is 12.2. The molecule has 90 valence electrons. The van der Waals surface area contributed by atoms with Crippen LogP contribution in [0.3, 0.4) is 0 Å². The van der Waals surface area contributed by atoms with Crippen LogP contribution in [0.1, 0.15) is 21.1 Å². The van der Waals surface area contributed by atoms with Gasteiger partial charge in [-0.1, -0.05) is 0 Å². The molecule has 0 saturated heterocycles. The topological polar surface area (TPSA) is 59.2 Å². The summed E-state index contributed by atoms with van der Waals surface area (Å²) in [5, 5.41) is 6.59. The van der Waals surface area contributed by atoms with Crippen LogP contribution in [0.25, 0.3) is 0 Å². The lowest BCUT2D eigenvalue weighted by Gasteiger charge is -2.14. The summed E-state index contributed by atoms with van der Waals surface area (Å²) >= 11 is 3.05. The zero-order valence-electron chi connectivity index (χ0n) is 9.42. The fourth-order valence-electron chi connectivity index (χ4n) is 1.43. The Kier molecular flexibility index (Phi) is 3.88. The van der Waals surface area contributed by atoms with E-state index in [-0.39, 0.29) is 5.91 Å². The van der Waals surface area contributed by atoms with Gasteiger partial charge in [0.1, 0.15) is 10.7 Å². The van der Waals surface area contributed by atoms with E-state index in [4.69, 9.17) is 5.73 Å². The number of hydrogen-bond acceptors (Lipinski definition) is 5. The molecule has 0 aliphatic heterocycles. The van der Waals surface area contributed by atoms with Crippen LogP contribution in [0.2, 0.25) is 0 Å². The molecule has 2 N–H and O–H groups in total. The summed E-state index contributed by atoms with van der Waals surface area (Å²) in [5.41, 5.74) is 7.09. The van der Waals surface area contributed by atoms with E-state index < -0.39 is 0 Å². The van der Waals surface area contributed by atoms with Crippen molar-refractivity contribution >= 4 is 28.6 Å². The standard InChI is InChI=1S/C11H13N3OS2/c1-14(5-8-2-3-16-6-8)11(15)9-7-17-10(4-12)13-9/h2-3,6-7H,4-5,12H2,1H3. The Bertz CT molecular complexity index is 493. The minimum Gasteiger partial charge on any atom is -0.336 e. The van der Waals surface area contributed by atoms with E-state index in [9.17, 15) is 4.79 Å². The van der Waals surface area contributed by atoms with Crippen molar-refractivity contribution < 1.29 is 4.79 Å². The molecule has 0 unspecified atom stereocenters. The van der Waals surface area contributed by atoms with E-state index in [2.05, 4.69) is 4.98 Å². The van der Waals surface area contributed by atoms with Crippen molar-refractivity contribution in [2.75, 3.05) is 7.05 Å². The van der Waals surface area contributed by atoms with Gasteiger partial charge in [0, 0.05) is 25.5 Å². The molecular formula is C11H13N3OS2. The molecule has 0 radical (unpaired) electrons. The first-order valence-electron chi connectivity index (χ1n) is 5.11. The number of nitrogens with two attached hydrogens (primary N) is 1. The smallest absolute Gasteiger partial charge is 0.273 e. The Morgan fingerprint density at radius 1 is 1.53 bits per heavy atom. The monoisotopic (exact) mass is 267 g/mol. The molecule has 2 aromatic rings. The molecule has 0 saturated carbocycles. The number of nitrogens with zero attached hydrogens (tertiary/aromatic N) is 2. The molecule has 17 heavy (non-hydrogen) atoms. The molecule has 6 heteroatoms. The molecule has 0 fully saturated rings. The maximum absolute atomic E-state index is 12.0. The molecule has 0 aliphatic carbocycles. The van der Waals surface area contributed by atoms with Gasteiger partial charge in [0.2, 0.25) is 0 Å². The first-order valence-corrected chi connectivity index (χ1v) is 6.94. The summed E-state index contributed by atoms with van der Waals surface area (Å²) in [5.74, 6) is -0.0628. The second-order valence-corrected chi connectivity index (χ2v) is 5.35. The van der Waals surface area contributed by atoms with Crippen molar-refractivity contribution in [1.82, 2.24) is 9.88 Å². The fourth-order valence-corrected chi connectivity index (χ4v) is 2.73. The molecule has 0 atom stereocenters. The van der Waals surface area contributed by atoms with Crippen molar-refractivity contribution in [2.24, 2.45) is 5.73 Å². The maximum atomic E-state index is 12.0. The number of rotatable bonds is 4. The van der Waals surface area contributed by atoms with Crippen LogP contribution in [-0.4, -0.2) is 22.8 Å². The van der Waals surface area contributed by atoms with E-state index in [1.807, 2.05) is 16.8 Å². The van der Waals surface area contributed by atoms with Crippen LogP contribution in [0.4, 0.5) is 0 Å². The molecule has 1 amide bonds. The van der Waals surface area contributed by atoms with Gasteiger partial charge in [-0.15, -0.1) is 11.3 Å². The van der Waals surface area contributed by atoms with Gasteiger partial charge in [0.05, 0.1) is 0 Å². The summed E-state index contributed by atoms with van der Waals surface area (Å²) in [6.07, 6.45) is 0. The highest BCUT2D eigenvalue weighted by Gasteiger charge is 2.15. The summed E-state index contributed by atoms with van der Waals surface area (Å²) in [7, 11) is 1.78. The minimum atomic E-state index is -0.0628. The lowest BCUT2D eigenvalue weighted by molar-refractivity contribution is 0.0780. The Hall–Kier alpha value is -1.24. The average Bonchev–Trinajstić information content (AvgIpc) is 2.98. The van der Waals surface area contributed by atoms with E-state index in [0.717, 1.165) is 10.6 Å². The molecule has 0 spiro atoms. The molecule has 4 nitrogen and oxygen atoms in total. The largest absolute Gasteiger partial charge is 0.336 e. The van der Waals surface area contributed by atoms with Gasteiger partial charge in [-0.3, -0.25) is 4.79 Å². The van der Waals surface area contributed by atoms with E-state index in [0.29, 0.717) is 18.8 Å². The highest BCUT2D eigenvalue weighted by atomic mass is 32.1. The predicted molar refractivity (Wildman–Crippen MR) is 70.1 cm³/mol. The number of thiazole rings is 1. The van der Waals surface area contributed by atoms with E-state index in [1.54, 1.807) is 28.7 Å². The third kappa shape index (κ3) is 2.91. The van der Waals surface area contributed by atoms with Crippen LogP contribution in [0.5, 0.6) is 0 Å². The zero-order chi connectivity index (χ0) is 12.3. The summed E-state index contributed by atoms with van der Waals surface area (Å²) < 4.78 is 0. The van der Waals surface area contributed by atoms with Crippen molar-refractivity contribution in [2.45, 2.75) is 13.1 Å². The number of carbonyl (C=O) groups is 1. The number of aromatic nitrogens is 1. The highest BCUT2D eigenvalue weighted by molar-refractivity contribution is 7.09. The Morgan fingerprint density at radius 2 is 2.35 bits per heavy atom. The van der Waals surface area contributed by atoms with Gasteiger partial charge in [-0.05, 0) is 22.4 Å². The van der Waals surface area contributed by atoms with Crippen molar-refractivity contribution in [3.63, 3.8) is 0 Å². The van der Waals surface area contributed by atoms with Crippen LogP contribution < -0.4 is 5.73 Å². The Labute approximate surface area is 108 Å². The number of amides is 1. The van der Waals surface area contributed by atoms with Gasteiger partial charge in [0.25, 0.3) is 5.91 Å². The van der Waals surface area contributed by atoms with Crippen molar-refractivity contribution in [1.29, 1.82) is 0 Å². The first-order chi connectivity index (χ1) is 8.20. The van der Waals surface area contributed by atoms with E-state index >= 15 is 0 Å². The molecule has 2 heterocycles. The van der Waals surface area contributed by atoms with Gasteiger partial charge in [0.15, 0.2) is 0 Å². The molecule has 0 aromatic carbocycles. The molecule has 0 aliphatic rings. The van der Waals surface area contributed by atoms with Gasteiger partial charge >= 0.3 is 0 Å². The van der Waals surface area contributed by atoms with Crippen LogP contribution in [-0.2, 0) is 13.1 Å². The normalized spacial score (nSPS) is 10.5. The van der Waals surface area contributed by atoms with E-state index in [1.165, 1.54) is 11.3 Å². The molecule has 2 aromatic heterocycles. The highest BCUT2D eigenvalue weighted by Crippen LogP contribution is 2.13. The quantitative estimate of drug-likeness (QED) is 0.921. The second kappa shape index (κ2) is 5.39. The SMILES string of the molecule is CN(Cc1ccsc1)C(=O)c1csc(CN)n1. The Balaban J connectivity index is 2.04. The van der Waals surface area contributed by atoms with Crippen LogP contribution in [0.15, 0.2) is 22.2 Å². The fraction of sp³-hybridized carbons (Fsp3) is 0.273. The van der Waals surface area contributed by atoms with Gasteiger partial charge in [-0.2, -0.15) is 11.3 Å². The van der Waals surface area contributed by atoms with Crippen molar-refractivity contribution in [3.8, 4) is 0 Å². The summed E-state index contributed by atoms with van der Waals surface area (Å²) in [4.78, 5) is 17.9. The lowest BCUT2D eigenvalue weighted by Crippen LogP contribution is -2.26. The second-order valence-electron chi connectivity index (χ2n) is 3.62. The average molecular weight is 267 g/mol. The minimum absolute atomic E-state index is 0.0628. The number of thiophene rings is 1. The van der Waals surface area contributed by atoms with Crippen LogP contribution in [0, 0.1) is 0 Å². The molecular weight excluding hydrogens is 254 g/mol. The summed E-state index contributed by atoms with van der Waals surface area (Å²) in [6, 6.07) is 2.01. The predicted octanol–water partition coefficient (Wildman–Crippen LogP) is 1.94. The van der Waals surface area contributed by atoms with Gasteiger partial charge in [-0.25, -0.2) is 4.98 Å². The van der Waals surface area contributed by atoms with Crippen LogP contribution >= 0.6 is 22.7 Å². The third-order valence-corrected chi connectivity index (χ3v) is 3.90. The lowest BCUT2D eigenvalue weighted by atomic mass is 10.3. The maximum Gasteiger partial charge on any atom is 0.273 e. The summed E-state index contributed by atoms with van der Waals surface area (Å²) in [6.45, 7) is 0.990. The third-order valence-electron chi connectivity index (χ3n) is 2.29. The zero-order valence-corrected chi connectivity index (χ0v) is 11.1. The number of hydrogen-bond donors (Lipinski definition) is 1. The van der Waals surface area contributed by atoms with Crippen molar-refractivity contribution in [3.05, 3.63) is 38.5 Å². The number of carbonyl (C=O) groups excluding carboxylic acids is 1. The molecule has 2 rings (SSSR count). The van der Waals surface area contributed by atoms with Gasteiger partial charge < -0.3 is 10.6 Å².